The van der Waals surface area contributed by atoms with Gasteiger partial charge in [0.05, 0.1) is 11.5 Å². The molecule has 0 saturated carbocycles. The number of aromatic nitrogens is 3. The van der Waals surface area contributed by atoms with Crippen LogP contribution in [0, 0.1) is 10.1 Å². The van der Waals surface area contributed by atoms with Crippen LogP contribution in [0.1, 0.15) is 6.92 Å². The van der Waals surface area contributed by atoms with Gasteiger partial charge < -0.3 is 5.11 Å². The summed E-state index contributed by atoms with van der Waals surface area (Å²) in [4.78, 5) is 24.9. The molecule has 0 aliphatic rings. The molecule has 0 atom stereocenters. The van der Waals surface area contributed by atoms with E-state index in [1.807, 2.05) is 0 Å². The zero-order valence-electron chi connectivity index (χ0n) is 11.1. The molecule has 8 nitrogen and oxygen atoms in total. The van der Waals surface area contributed by atoms with Gasteiger partial charge in [0.2, 0.25) is 0 Å². The molecule has 0 aliphatic carbocycles. The smallest absolute Gasteiger partial charge is 0.331 e. The molecular weight excluding hydrogens is 276 g/mol. The van der Waals surface area contributed by atoms with Gasteiger partial charge in [-0.2, -0.15) is 5.10 Å². The van der Waals surface area contributed by atoms with E-state index >= 15 is 0 Å². The first-order chi connectivity index (χ1) is 9.97. The predicted octanol–water partition coefficient (Wildman–Crippen LogP) is 1.88. The van der Waals surface area contributed by atoms with Crippen molar-refractivity contribution in [3.8, 4) is 11.4 Å². The average Bonchev–Trinajstić information content (AvgIpc) is 2.93. The van der Waals surface area contributed by atoms with Gasteiger partial charge in [0, 0.05) is 23.3 Å². The molecular formula is C13H12N4O4. The third-order valence-electron chi connectivity index (χ3n) is 2.79. The lowest BCUT2D eigenvalue weighted by Crippen LogP contribution is -2.01. The molecule has 0 unspecified atom stereocenters. The third-order valence-corrected chi connectivity index (χ3v) is 2.79. The third kappa shape index (κ3) is 3.50. The first-order valence-corrected chi connectivity index (χ1v) is 6.01. The second-order valence-electron chi connectivity index (χ2n) is 4.29. The number of nitro benzene ring substituents is 1. The SMILES string of the molecule is C/C(=C/Cn1cnc(-c2ccc([N+](=O)[O-])cc2)n1)C(=O)O. The van der Waals surface area contributed by atoms with Crippen molar-refractivity contribution in [3.05, 3.63) is 52.4 Å². The zero-order chi connectivity index (χ0) is 15.4. The Morgan fingerprint density at radius 2 is 2.10 bits per heavy atom. The van der Waals surface area contributed by atoms with Crippen LogP contribution in [-0.2, 0) is 11.3 Å². The summed E-state index contributed by atoms with van der Waals surface area (Å²) in [5.74, 6) is -0.558. The van der Waals surface area contributed by atoms with Gasteiger partial charge in [-0.1, -0.05) is 6.08 Å². The minimum atomic E-state index is -0.981. The lowest BCUT2D eigenvalue weighted by Gasteiger charge is -1.97. The van der Waals surface area contributed by atoms with Crippen LogP contribution in [0.5, 0.6) is 0 Å². The number of carbonyl (C=O) groups is 1. The van der Waals surface area contributed by atoms with Crippen molar-refractivity contribution >= 4 is 11.7 Å². The highest BCUT2D eigenvalue weighted by Gasteiger charge is 2.08. The molecule has 8 heteroatoms. The molecule has 2 aromatic rings. The van der Waals surface area contributed by atoms with Crippen LogP contribution in [0.15, 0.2) is 42.2 Å². The molecule has 0 bridgehead atoms. The summed E-state index contributed by atoms with van der Waals surface area (Å²) in [5, 5.41) is 23.5. The number of allylic oxidation sites excluding steroid dienone is 1. The quantitative estimate of drug-likeness (QED) is 0.511. The van der Waals surface area contributed by atoms with Crippen LogP contribution in [0.4, 0.5) is 5.69 Å². The number of rotatable bonds is 5. The van der Waals surface area contributed by atoms with E-state index in [1.165, 1.54) is 36.1 Å². The highest BCUT2D eigenvalue weighted by Crippen LogP contribution is 2.18. The topological polar surface area (TPSA) is 111 Å². The van der Waals surface area contributed by atoms with Crippen molar-refractivity contribution in [2.45, 2.75) is 13.5 Å². The maximum absolute atomic E-state index is 10.7. The summed E-state index contributed by atoms with van der Waals surface area (Å²) in [7, 11) is 0. The van der Waals surface area contributed by atoms with Gasteiger partial charge in [0.1, 0.15) is 6.33 Å². The molecule has 0 amide bonds. The number of carboxylic acids is 1. The maximum Gasteiger partial charge on any atom is 0.331 e. The van der Waals surface area contributed by atoms with E-state index in [2.05, 4.69) is 10.1 Å². The fourth-order valence-electron chi connectivity index (χ4n) is 1.56. The van der Waals surface area contributed by atoms with Gasteiger partial charge in [-0.05, 0) is 19.1 Å². The highest BCUT2D eigenvalue weighted by molar-refractivity contribution is 5.85. The summed E-state index contributed by atoms with van der Waals surface area (Å²) in [5.41, 5.74) is 0.874. The molecule has 0 saturated heterocycles. The van der Waals surface area contributed by atoms with Gasteiger partial charge in [0.15, 0.2) is 5.82 Å². The summed E-state index contributed by atoms with van der Waals surface area (Å²) in [6.07, 6.45) is 3.00. The summed E-state index contributed by atoms with van der Waals surface area (Å²) < 4.78 is 1.49. The van der Waals surface area contributed by atoms with E-state index < -0.39 is 10.9 Å². The Morgan fingerprint density at radius 3 is 2.67 bits per heavy atom. The molecule has 1 N–H and O–H groups in total. The fraction of sp³-hybridized carbons (Fsp3) is 0.154. The lowest BCUT2D eigenvalue weighted by molar-refractivity contribution is -0.384. The van der Waals surface area contributed by atoms with Crippen LogP contribution >= 0.6 is 0 Å². The van der Waals surface area contributed by atoms with Gasteiger partial charge in [-0.3, -0.25) is 10.1 Å². The van der Waals surface area contributed by atoms with Crippen LogP contribution in [-0.4, -0.2) is 30.8 Å². The number of aliphatic carboxylic acids is 1. The van der Waals surface area contributed by atoms with Gasteiger partial charge in [-0.25, -0.2) is 14.5 Å². The van der Waals surface area contributed by atoms with Gasteiger partial charge >= 0.3 is 5.97 Å². The van der Waals surface area contributed by atoms with E-state index in [4.69, 9.17) is 5.11 Å². The van der Waals surface area contributed by atoms with Crippen molar-refractivity contribution in [3.63, 3.8) is 0 Å². The van der Waals surface area contributed by atoms with E-state index in [9.17, 15) is 14.9 Å². The van der Waals surface area contributed by atoms with Crippen molar-refractivity contribution < 1.29 is 14.8 Å². The molecule has 0 aliphatic heterocycles. The molecule has 2 rings (SSSR count). The van der Waals surface area contributed by atoms with Gasteiger partial charge in [-0.15, -0.1) is 0 Å². The average molecular weight is 288 g/mol. The number of hydrogen-bond donors (Lipinski definition) is 1. The highest BCUT2D eigenvalue weighted by atomic mass is 16.6. The fourth-order valence-corrected chi connectivity index (χ4v) is 1.56. The standard InChI is InChI=1S/C13H12N4O4/c1-9(13(18)19)6-7-16-8-14-12(15-16)10-2-4-11(5-3-10)17(20)21/h2-6,8H,7H2,1H3,(H,18,19)/b9-6-. The summed E-state index contributed by atoms with van der Waals surface area (Å²) in [6, 6.07) is 5.89. The first-order valence-electron chi connectivity index (χ1n) is 6.01. The normalized spacial score (nSPS) is 11.4. The van der Waals surface area contributed by atoms with Crippen molar-refractivity contribution in [1.29, 1.82) is 0 Å². The van der Waals surface area contributed by atoms with Gasteiger partial charge in [0.25, 0.3) is 5.69 Å². The molecule has 1 heterocycles. The Hall–Kier alpha value is -3.03. The first kappa shape index (κ1) is 14.4. The molecule has 0 fully saturated rings. The molecule has 1 aromatic heterocycles. The van der Waals surface area contributed by atoms with Crippen LogP contribution in [0.2, 0.25) is 0 Å². The van der Waals surface area contributed by atoms with E-state index in [-0.39, 0.29) is 17.8 Å². The second kappa shape index (κ2) is 5.95. The van der Waals surface area contributed by atoms with Crippen molar-refractivity contribution in [1.82, 2.24) is 14.8 Å². The second-order valence-corrected chi connectivity index (χ2v) is 4.29. The van der Waals surface area contributed by atoms with Crippen LogP contribution in [0.25, 0.3) is 11.4 Å². The minimum absolute atomic E-state index is 0.00167. The number of nitro groups is 1. The Labute approximate surface area is 119 Å². The Balaban J connectivity index is 2.14. The molecule has 0 spiro atoms. The van der Waals surface area contributed by atoms with E-state index in [0.717, 1.165) is 0 Å². The molecule has 108 valence electrons. The molecule has 1 aromatic carbocycles. The van der Waals surface area contributed by atoms with Crippen molar-refractivity contribution in [2.24, 2.45) is 0 Å². The number of non-ortho nitro benzene ring substituents is 1. The summed E-state index contributed by atoms with van der Waals surface area (Å²) >= 11 is 0. The molecule has 0 radical (unpaired) electrons. The predicted molar refractivity (Wildman–Crippen MR) is 73.5 cm³/mol. The number of nitrogens with zero attached hydrogens (tertiary/aromatic N) is 4. The van der Waals surface area contributed by atoms with Crippen molar-refractivity contribution in [2.75, 3.05) is 0 Å². The van der Waals surface area contributed by atoms with Crippen LogP contribution in [0.3, 0.4) is 0 Å². The van der Waals surface area contributed by atoms with E-state index in [0.29, 0.717) is 11.4 Å². The monoisotopic (exact) mass is 288 g/mol. The Bertz CT molecular complexity index is 703. The number of carboxylic acid groups (broad SMARTS) is 1. The number of hydrogen-bond acceptors (Lipinski definition) is 5. The van der Waals surface area contributed by atoms with Crippen LogP contribution < -0.4 is 0 Å². The molecule has 21 heavy (non-hydrogen) atoms. The number of benzene rings is 1. The largest absolute Gasteiger partial charge is 0.478 e. The zero-order valence-corrected chi connectivity index (χ0v) is 11.1. The van der Waals surface area contributed by atoms with E-state index in [1.54, 1.807) is 12.1 Å². The Morgan fingerprint density at radius 1 is 1.43 bits per heavy atom. The Kier molecular flexibility index (Phi) is 4.07. The maximum atomic E-state index is 10.7. The summed E-state index contributed by atoms with van der Waals surface area (Å²) in [6.45, 7) is 1.79. The minimum Gasteiger partial charge on any atom is -0.478 e. The lowest BCUT2D eigenvalue weighted by atomic mass is 10.2.